The van der Waals surface area contributed by atoms with Crippen LogP contribution in [0.2, 0.25) is 0 Å². The Morgan fingerprint density at radius 3 is 2.56 bits per heavy atom. The summed E-state index contributed by atoms with van der Waals surface area (Å²) in [6, 6.07) is 5.88. The van der Waals surface area contributed by atoms with Crippen LogP contribution in [-0.2, 0) is 11.2 Å². The predicted molar refractivity (Wildman–Crippen MR) is 101 cm³/mol. The maximum Gasteiger partial charge on any atom is 0.410 e. The third-order valence-corrected chi connectivity index (χ3v) is 3.33. The van der Waals surface area contributed by atoms with Crippen LogP contribution >= 0.6 is 0 Å². The van der Waals surface area contributed by atoms with E-state index in [4.69, 9.17) is 4.74 Å². The molecule has 0 saturated carbocycles. The lowest BCUT2D eigenvalue weighted by molar-refractivity contribution is 0.0264. The molecular formula is C18H31N5O2. The lowest BCUT2D eigenvalue weighted by Crippen LogP contribution is -2.44. The summed E-state index contributed by atoms with van der Waals surface area (Å²) in [6.07, 6.45) is 2.31. The van der Waals surface area contributed by atoms with Crippen molar-refractivity contribution in [3.8, 4) is 0 Å². The summed E-state index contributed by atoms with van der Waals surface area (Å²) < 4.78 is 5.39. The molecule has 140 valence electrons. The summed E-state index contributed by atoms with van der Waals surface area (Å²) in [4.78, 5) is 22.2. The molecular weight excluding hydrogens is 318 g/mol. The van der Waals surface area contributed by atoms with Gasteiger partial charge in [-0.15, -0.1) is 0 Å². The van der Waals surface area contributed by atoms with Crippen LogP contribution < -0.4 is 10.6 Å². The van der Waals surface area contributed by atoms with Gasteiger partial charge in [-0.3, -0.25) is 9.98 Å². The Bertz CT molecular complexity index is 540. The first-order chi connectivity index (χ1) is 11.9. The van der Waals surface area contributed by atoms with Crippen molar-refractivity contribution < 1.29 is 9.53 Å². The van der Waals surface area contributed by atoms with Gasteiger partial charge in [-0.2, -0.15) is 0 Å². The lowest BCUT2D eigenvalue weighted by Gasteiger charge is -2.26. The van der Waals surface area contributed by atoms with Crippen LogP contribution in [-0.4, -0.2) is 60.8 Å². The van der Waals surface area contributed by atoms with Crippen molar-refractivity contribution in [2.75, 3.05) is 33.2 Å². The van der Waals surface area contributed by atoms with Gasteiger partial charge in [0.15, 0.2) is 5.96 Å². The summed E-state index contributed by atoms with van der Waals surface area (Å²) >= 11 is 0. The number of aromatic nitrogens is 1. The zero-order valence-corrected chi connectivity index (χ0v) is 16.0. The van der Waals surface area contributed by atoms with Crippen molar-refractivity contribution in [3.63, 3.8) is 0 Å². The van der Waals surface area contributed by atoms with E-state index in [0.717, 1.165) is 18.7 Å². The molecule has 0 unspecified atom stereocenters. The van der Waals surface area contributed by atoms with Gasteiger partial charge in [-0.1, -0.05) is 6.07 Å². The number of carbonyl (C=O) groups is 1. The molecule has 0 radical (unpaired) electrons. The number of ether oxygens (including phenoxy) is 1. The molecule has 0 atom stereocenters. The van der Waals surface area contributed by atoms with Gasteiger partial charge >= 0.3 is 6.09 Å². The molecule has 7 heteroatoms. The first kappa shape index (κ1) is 20.7. The standard InChI is InChI=1S/C18H31N5O2/c1-6-23(17(24)25-18(2,3)4)14-13-22-16(19-5)21-12-10-15-9-7-8-11-20-15/h7-9,11H,6,10,12-14H2,1-5H3,(H2,19,21,22). The van der Waals surface area contributed by atoms with Crippen LogP contribution in [0.15, 0.2) is 29.4 Å². The fourth-order valence-electron chi connectivity index (χ4n) is 2.09. The molecule has 0 bridgehead atoms. The third kappa shape index (κ3) is 8.93. The van der Waals surface area contributed by atoms with E-state index in [1.165, 1.54) is 0 Å². The van der Waals surface area contributed by atoms with Gasteiger partial charge in [0.1, 0.15) is 5.60 Å². The van der Waals surface area contributed by atoms with Crippen molar-refractivity contribution in [2.24, 2.45) is 4.99 Å². The second-order valence-corrected chi connectivity index (χ2v) is 6.56. The number of aliphatic imine (C=N–C) groups is 1. The highest BCUT2D eigenvalue weighted by atomic mass is 16.6. The summed E-state index contributed by atoms with van der Waals surface area (Å²) in [5.41, 5.74) is 0.550. The molecule has 1 aromatic heterocycles. The van der Waals surface area contributed by atoms with Crippen molar-refractivity contribution in [3.05, 3.63) is 30.1 Å². The number of rotatable bonds is 7. The van der Waals surface area contributed by atoms with Gasteiger partial charge < -0.3 is 20.3 Å². The van der Waals surface area contributed by atoms with E-state index in [0.29, 0.717) is 25.6 Å². The summed E-state index contributed by atoms with van der Waals surface area (Å²) in [5.74, 6) is 0.705. The number of nitrogens with zero attached hydrogens (tertiary/aromatic N) is 3. The molecule has 0 aliphatic heterocycles. The average Bonchev–Trinajstić information content (AvgIpc) is 2.56. The maximum atomic E-state index is 12.1. The molecule has 2 N–H and O–H groups in total. The van der Waals surface area contributed by atoms with Crippen molar-refractivity contribution >= 4 is 12.1 Å². The first-order valence-corrected chi connectivity index (χ1v) is 8.68. The van der Waals surface area contributed by atoms with Crippen LogP contribution in [0.25, 0.3) is 0 Å². The Labute approximate surface area is 150 Å². The smallest absolute Gasteiger partial charge is 0.410 e. The van der Waals surface area contributed by atoms with Crippen molar-refractivity contribution in [2.45, 2.75) is 39.7 Å². The molecule has 0 fully saturated rings. The van der Waals surface area contributed by atoms with Crippen molar-refractivity contribution in [1.82, 2.24) is 20.5 Å². The summed E-state index contributed by atoms with van der Waals surface area (Å²) in [5, 5.41) is 6.45. The zero-order valence-electron chi connectivity index (χ0n) is 16.0. The van der Waals surface area contributed by atoms with E-state index in [-0.39, 0.29) is 6.09 Å². The largest absolute Gasteiger partial charge is 0.444 e. The number of hydrogen-bond donors (Lipinski definition) is 2. The minimum atomic E-state index is -0.485. The molecule has 7 nitrogen and oxygen atoms in total. The van der Waals surface area contributed by atoms with Crippen molar-refractivity contribution in [1.29, 1.82) is 0 Å². The van der Waals surface area contributed by atoms with Gasteiger partial charge in [0.25, 0.3) is 0 Å². The number of guanidine groups is 1. The number of nitrogens with one attached hydrogen (secondary N) is 2. The highest BCUT2D eigenvalue weighted by Crippen LogP contribution is 2.09. The SMILES string of the molecule is CCN(CCNC(=NC)NCCc1ccccn1)C(=O)OC(C)(C)C. The molecule has 1 heterocycles. The fourth-order valence-corrected chi connectivity index (χ4v) is 2.09. The normalized spacial score (nSPS) is 11.8. The predicted octanol–water partition coefficient (Wildman–Crippen LogP) is 2.05. The molecule has 0 spiro atoms. The topological polar surface area (TPSA) is 78.9 Å². The van der Waals surface area contributed by atoms with Crippen LogP contribution in [0.1, 0.15) is 33.4 Å². The minimum Gasteiger partial charge on any atom is -0.444 e. The van der Waals surface area contributed by atoms with E-state index in [1.807, 2.05) is 45.9 Å². The van der Waals surface area contributed by atoms with E-state index >= 15 is 0 Å². The van der Waals surface area contributed by atoms with Gasteiger partial charge in [-0.25, -0.2) is 4.79 Å². The monoisotopic (exact) mass is 349 g/mol. The van der Waals surface area contributed by atoms with Gasteiger partial charge in [0.05, 0.1) is 0 Å². The number of hydrogen-bond acceptors (Lipinski definition) is 4. The Hall–Kier alpha value is -2.31. The van der Waals surface area contributed by atoms with Crippen LogP contribution in [0.3, 0.4) is 0 Å². The fraction of sp³-hybridized carbons (Fsp3) is 0.611. The van der Waals surface area contributed by atoms with Crippen LogP contribution in [0.4, 0.5) is 4.79 Å². The van der Waals surface area contributed by atoms with E-state index in [2.05, 4.69) is 20.6 Å². The summed E-state index contributed by atoms with van der Waals surface area (Å²) in [7, 11) is 1.72. The molecule has 1 amide bonds. The number of likely N-dealkylation sites (N-methyl/N-ethyl adjacent to an activating group) is 1. The lowest BCUT2D eigenvalue weighted by atomic mass is 10.2. The Morgan fingerprint density at radius 1 is 1.28 bits per heavy atom. The minimum absolute atomic E-state index is 0.296. The number of pyridine rings is 1. The molecule has 1 aromatic rings. The van der Waals surface area contributed by atoms with E-state index in [1.54, 1.807) is 18.1 Å². The Morgan fingerprint density at radius 2 is 2.00 bits per heavy atom. The molecule has 1 rings (SSSR count). The molecule has 0 aromatic carbocycles. The van der Waals surface area contributed by atoms with E-state index < -0.39 is 5.60 Å². The number of amides is 1. The Kier molecular flexibility index (Phi) is 8.74. The highest BCUT2D eigenvalue weighted by Gasteiger charge is 2.20. The number of carbonyl (C=O) groups excluding carboxylic acids is 1. The molecule has 25 heavy (non-hydrogen) atoms. The van der Waals surface area contributed by atoms with Gasteiger partial charge in [0.2, 0.25) is 0 Å². The molecule has 0 aliphatic rings. The van der Waals surface area contributed by atoms with Gasteiger partial charge in [0, 0.05) is 51.5 Å². The van der Waals surface area contributed by atoms with Crippen LogP contribution in [0.5, 0.6) is 0 Å². The quantitative estimate of drug-likeness (QED) is 0.582. The second kappa shape index (κ2) is 10.5. The van der Waals surface area contributed by atoms with E-state index in [9.17, 15) is 4.79 Å². The third-order valence-electron chi connectivity index (χ3n) is 3.33. The zero-order chi connectivity index (χ0) is 18.7. The van der Waals surface area contributed by atoms with Gasteiger partial charge in [-0.05, 0) is 39.8 Å². The Balaban J connectivity index is 2.32. The average molecular weight is 349 g/mol. The summed E-state index contributed by atoms with van der Waals surface area (Å²) in [6.45, 7) is 10.0. The molecule has 0 aliphatic carbocycles. The van der Waals surface area contributed by atoms with Crippen LogP contribution in [0, 0.1) is 0 Å². The maximum absolute atomic E-state index is 12.1. The highest BCUT2D eigenvalue weighted by molar-refractivity contribution is 5.79. The first-order valence-electron chi connectivity index (χ1n) is 8.68. The second-order valence-electron chi connectivity index (χ2n) is 6.56. The molecule has 0 saturated heterocycles.